The standard InChI is InChI=1S/C19H25N5O6S2/c1-19(2)13(17(28)29)24-15(27)12(16(24)32-19)22-14(26)11(10-7-31-18(20)21-10)23-30-9-5-3-8(25)4-6-9/h7-9,12-13,16,25H,3-6H2,1-2H3,(H2,20,21)(H,22,26)(H,28,29)/b23-11-/t8?,9?,12-,13-,16+/m0/s1. The molecule has 3 atom stereocenters. The van der Waals surface area contributed by atoms with E-state index < -0.39 is 40.0 Å². The molecule has 0 unspecified atom stereocenters. The first-order chi connectivity index (χ1) is 15.1. The number of aliphatic hydroxyl groups is 1. The second-order valence-corrected chi connectivity index (χ2v) is 11.3. The largest absolute Gasteiger partial charge is 0.480 e. The molecular weight excluding hydrogens is 458 g/mol. The first-order valence-electron chi connectivity index (χ1n) is 10.3. The number of carbonyl (C=O) groups is 3. The number of thioether (sulfide) groups is 1. The predicted molar refractivity (Wildman–Crippen MR) is 118 cm³/mol. The fraction of sp³-hybridized carbons (Fsp3) is 0.632. The van der Waals surface area contributed by atoms with Gasteiger partial charge in [0.15, 0.2) is 10.8 Å². The van der Waals surface area contributed by atoms with Crippen molar-refractivity contribution in [3.8, 4) is 0 Å². The van der Waals surface area contributed by atoms with Gasteiger partial charge >= 0.3 is 5.97 Å². The number of aromatic nitrogens is 1. The quantitative estimate of drug-likeness (QED) is 0.254. The summed E-state index contributed by atoms with van der Waals surface area (Å²) in [7, 11) is 0. The van der Waals surface area contributed by atoms with Crippen molar-refractivity contribution in [3.63, 3.8) is 0 Å². The highest BCUT2D eigenvalue weighted by Gasteiger charge is 2.64. The Morgan fingerprint density at radius 1 is 1.34 bits per heavy atom. The van der Waals surface area contributed by atoms with E-state index in [1.807, 2.05) is 0 Å². The highest BCUT2D eigenvalue weighted by Crippen LogP contribution is 2.50. The molecule has 2 aliphatic heterocycles. The van der Waals surface area contributed by atoms with Crippen molar-refractivity contribution in [2.24, 2.45) is 5.16 Å². The van der Waals surface area contributed by atoms with Gasteiger partial charge in [-0.3, -0.25) is 9.59 Å². The Kier molecular flexibility index (Phi) is 6.07. The second-order valence-electron chi connectivity index (χ2n) is 8.60. The van der Waals surface area contributed by atoms with Gasteiger partial charge in [-0.2, -0.15) is 0 Å². The third kappa shape index (κ3) is 4.16. The number of hydrogen-bond donors (Lipinski definition) is 4. The number of β-lactam (4-membered cyclic amide) rings is 1. The Labute approximate surface area is 192 Å². The van der Waals surface area contributed by atoms with Crippen molar-refractivity contribution in [1.29, 1.82) is 0 Å². The van der Waals surface area contributed by atoms with Crippen LogP contribution >= 0.6 is 23.1 Å². The van der Waals surface area contributed by atoms with E-state index in [-0.39, 0.29) is 28.7 Å². The summed E-state index contributed by atoms with van der Waals surface area (Å²) in [4.78, 5) is 48.4. The molecule has 1 aliphatic carbocycles. The molecule has 1 aromatic heterocycles. The molecule has 3 aliphatic rings. The Hall–Kier alpha value is -2.38. The SMILES string of the molecule is CC1(C)S[C@@H]2[C@@H](NC(=O)/C(=N\OC3CCC(O)CC3)c3csc(N)n3)C(=O)N2[C@H]1C(=O)O. The number of hydrogen-bond acceptors (Lipinski definition) is 10. The number of rotatable bonds is 6. The molecule has 3 fully saturated rings. The number of oxime groups is 1. The third-order valence-electron chi connectivity index (χ3n) is 5.88. The summed E-state index contributed by atoms with van der Waals surface area (Å²) >= 11 is 2.48. The summed E-state index contributed by atoms with van der Waals surface area (Å²) in [5.74, 6) is -2.18. The smallest absolute Gasteiger partial charge is 0.327 e. The van der Waals surface area contributed by atoms with Crippen molar-refractivity contribution in [2.75, 3.05) is 5.73 Å². The van der Waals surface area contributed by atoms with E-state index in [0.717, 1.165) is 11.3 Å². The van der Waals surface area contributed by atoms with Crippen molar-refractivity contribution in [2.45, 2.75) is 73.9 Å². The van der Waals surface area contributed by atoms with Gasteiger partial charge in [-0.05, 0) is 39.5 Å². The third-order valence-corrected chi connectivity index (χ3v) is 8.12. The van der Waals surface area contributed by atoms with Crippen LogP contribution in [0, 0.1) is 0 Å². The Bertz CT molecular complexity index is 958. The Morgan fingerprint density at radius 2 is 2.03 bits per heavy atom. The van der Waals surface area contributed by atoms with Crippen LogP contribution < -0.4 is 11.1 Å². The van der Waals surface area contributed by atoms with E-state index in [1.165, 1.54) is 16.7 Å². The molecular formula is C19H25N5O6S2. The number of carbonyl (C=O) groups excluding carboxylic acids is 2. The average Bonchev–Trinajstić information content (AvgIpc) is 3.26. The molecule has 2 amide bonds. The summed E-state index contributed by atoms with van der Waals surface area (Å²) in [6.45, 7) is 3.53. The normalized spacial score (nSPS) is 31.6. The van der Waals surface area contributed by atoms with Crippen molar-refractivity contribution in [1.82, 2.24) is 15.2 Å². The molecule has 13 heteroatoms. The van der Waals surface area contributed by atoms with Gasteiger partial charge in [-0.25, -0.2) is 9.78 Å². The molecule has 2 saturated heterocycles. The number of aliphatic carboxylic acids is 1. The summed E-state index contributed by atoms with van der Waals surface area (Å²) in [6, 6.07) is -1.84. The fourth-order valence-electron chi connectivity index (χ4n) is 4.23. The van der Waals surface area contributed by atoms with Crippen molar-refractivity contribution < 1.29 is 29.4 Å². The van der Waals surface area contributed by atoms with Gasteiger partial charge in [0.05, 0.1) is 6.10 Å². The maximum atomic E-state index is 13.1. The molecule has 5 N–H and O–H groups in total. The van der Waals surface area contributed by atoms with E-state index in [0.29, 0.717) is 25.7 Å². The molecule has 32 heavy (non-hydrogen) atoms. The van der Waals surface area contributed by atoms with Crippen molar-refractivity contribution >= 4 is 51.7 Å². The van der Waals surface area contributed by atoms with E-state index in [9.17, 15) is 24.6 Å². The molecule has 1 aromatic rings. The maximum absolute atomic E-state index is 13.1. The average molecular weight is 484 g/mol. The lowest BCUT2D eigenvalue weighted by Crippen LogP contribution is -2.71. The van der Waals surface area contributed by atoms with Crippen LogP contribution in [-0.2, 0) is 19.2 Å². The number of carboxylic acid groups (broad SMARTS) is 1. The number of fused-ring (bicyclic) bond motifs is 1. The number of nitrogen functional groups attached to an aromatic ring is 1. The van der Waals surface area contributed by atoms with Gasteiger partial charge in [0.2, 0.25) is 5.91 Å². The van der Waals surface area contributed by atoms with Crippen LogP contribution in [0.3, 0.4) is 0 Å². The number of aliphatic hydroxyl groups excluding tert-OH is 1. The Balaban J connectivity index is 1.49. The molecule has 11 nitrogen and oxygen atoms in total. The molecule has 0 radical (unpaired) electrons. The summed E-state index contributed by atoms with van der Waals surface area (Å²) in [6.07, 6.45) is 1.82. The van der Waals surface area contributed by atoms with Crippen LogP contribution in [0.5, 0.6) is 0 Å². The van der Waals surface area contributed by atoms with E-state index in [4.69, 9.17) is 10.6 Å². The van der Waals surface area contributed by atoms with Crippen LogP contribution in [-0.4, -0.2) is 78.0 Å². The molecule has 174 valence electrons. The molecule has 0 spiro atoms. The zero-order chi connectivity index (χ0) is 23.2. The summed E-state index contributed by atoms with van der Waals surface area (Å²) in [5, 5.41) is 27.2. The van der Waals surface area contributed by atoms with Gasteiger partial charge < -0.3 is 31.0 Å². The zero-order valence-corrected chi connectivity index (χ0v) is 19.2. The zero-order valence-electron chi connectivity index (χ0n) is 17.6. The fourth-order valence-corrected chi connectivity index (χ4v) is 6.41. The number of nitrogens with zero attached hydrogens (tertiary/aromatic N) is 3. The second kappa shape index (κ2) is 8.52. The van der Waals surface area contributed by atoms with Gasteiger partial charge in [-0.1, -0.05) is 5.16 Å². The lowest BCUT2D eigenvalue weighted by Gasteiger charge is -2.43. The summed E-state index contributed by atoms with van der Waals surface area (Å²) in [5.41, 5.74) is 5.83. The van der Waals surface area contributed by atoms with E-state index >= 15 is 0 Å². The molecule has 4 rings (SSSR count). The van der Waals surface area contributed by atoms with Crippen LogP contribution in [0.15, 0.2) is 10.5 Å². The van der Waals surface area contributed by atoms with Crippen molar-refractivity contribution in [3.05, 3.63) is 11.1 Å². The van der Waals surface area contributed by atoms with Gasteiger partial charge in [0.1, 0.15) is 29.3 Å². The van der Waals surface area contributed by atoms with Crippen LogP contribution in [0.4, 0.5) is 5.13 Å². The number of nitrogens with one attached hydrogen (secondary N) is 1. The van der Waals surface area contributed by atoms with E-state index in [1.54, 1.807) is 19.2 Å². The number of nitrogens with two attached hydrogens (primary N) is 1. The lowest BCUT2D eigenvalue weighted by atomic mass is 9.95. The molecule has 3 heterocycles. The number of anilines is 1. The lowest BCUT2D eigenvalue weighted by molar-refractivity contribution is -0.160. The number of amides is 2. The van der Waals surface area contributed by atoms with E-state index in [2.05, 4.69) is 15.5 Å². The summed E-state index contributed by atoms with van der Waals surface area (Å²) < 4.78 is -0.694. The minimum atomic E-state index is -1.07. The predicted octanol–water partition coefficient (Wildman–Crippen LogP) is 0.381. The number of carboxylic acids is 1. The minimum Gasteiger partial charge on any atom is -0.480 e. The van der Waals surface area contributed by atoms with Crippen LogP contribution in [0.2, 0.25) is 0 Å². The van der Waals surface area contributed by atoms with Gasteiger partial charge in [0.25, 0.3) is 5.91 Å². The molecule has 0 bridgehead atoms. The van der Waals surface area contributed by atoms with Gasteiger partial charge in [-0.15, -0.1) is 23.1 Å². The van der Waals surface area contributed by atoms with Crippen LogP contribution in [0.25, 0.3) is 0 Å². The maximum Gasteiger partial charge on any atom is 0.327 e. The monoisotopic (exact) mass is 483 g/mol. The van der Waals surface area contributed by atoms with Crippen LogP contribution in [0.1, 0.15) is 45.2 Å². The highest BCUT2D eigenvalue weighted by atomic mass is 32.2. The van der Waals surface area contributed by atoms with Gasteiger partial charge in [0, 0.05) is 10.1 Å². The molecule has 1 saturated carbocycles. The molecule has 0 aromatic carbocycles. The number of thiazole rings is 1. The minimum absolute atomic E-state index is 0.104. The highest BCUT2D eigenvalue weighted by molar-refractivity contribution is 8.01. The first kappa shape index (κ1) is 22.8. The Morgan fingerprint density at radius 3 is 2.62 bits per heavy atom. The first-order valence-corrected chi connectivity index (χ1v) is 12.0. The topological polar surface area (TPSA) is 167 Å².